The van der Waals surface area contributed by atoms with Crippen LogP contribution < -0.4 is 0 Å². The molecule has 150 valence electrons. The number of hydrogen-bond acceptors (Lipinski definition) is 7. The molecule has 0 bridgehead atoms. The number of nitrogens with zero attached hydrogens (tertiary/aromatic N) is 2. The second kappa shape index (κ2) is 7.18. The first-order valence-electron chi connectivity index (χ1n) is 8.35. The van der Waals surface area contributed by atoms with Gasteiger partial charge in [0.05, 0.1) is 27.7 Å². The van der Waals surface area contributed by atoms with E-state index >= 15 is 0 Å². The third kappa shape index (κ3) is 3.91. The minimum atomic E-state index is -4.98. The summed E-state index contributed by atoms with van der Waals surface area (Å²) in [6.45, 7) is 0. The van der Waals surface area contributed by atoms with Crippen LogP contribution >= 0.6 is 11.8 Å². The summed E-state index contributed by atoms with van der Waals surface area (Å²) in [4.78, 5) is 8.71. The second-order valence-corrected chi connectivity index (χ2v) is 10.0. The first kappa shape index (κ1) is 20.0. The van der Waals surface area contributed by atoms with Gasteiger partial charge in [-0.15, -0.1) is 0 Å². The number of rotatable bonds is 3. The molecule has 4 rings (SSSR count). The Morgan fingerprint density at radius 2 is 1.83 bits per heavy atom. The standard InChI is InChI=1S/C18H14N2O6S3/c21-28(22,23)16-10-4-8-14(18(16)29(24,25)26)20-13-7-3-6-12-17(13)27-15-9-2-1-5-11(15)19-12/h1,3-6,8-10H,2,7H2,(H,21,22,23)(H,24,25,26). The summed E-state index contributed by atoms with van der Waals surface area (Å²) in [7, 11) is -9.88. The Kier molecular flexibility index (Phi) is 4.95. The van der Waals surface area contributed by atoms with Gasteiger partial charge in [0.25, 0.3) is 20.2 Å². The van der Waals surface area contributed by atoms with Crippen molar-refractivity contribution in [3.63, 3.8) is 0 Å². The number of fused-ring (bicyclic) bond motifs is 1. The summed E-state index contributed by atoms with van der Waals surface area (Å²) in [5, 5.41) is 0. The van der Waals surface area contributed by atoms with Gasteiger partial charge in [0.15, 0.2) is 0 Å². The molecule has 2 aliphatic carbocycles. The first-order chi connectivity index (χ1) is 13.6. The lowest BCUT2D eigenvalue weighted by molar-refractivity contribution is 0.467. The van der Waals surface area contributed by atoms with Crippen LogP contribution in [0.5, 0.6) is 0 Å². The van der Waals surface area contributed by atoms with Crippen molar-refractivity contribution in [2.45, 2.75) is 22.6 Å². The van der Waals surface area contributed by atoms with Gasteiger partial charge in [0.2, 0.25) is 0 Å². The summed E-state index contributed by atoms with van der Waals surface area (Å²) in [5.74, 6) is 0. The Morgan fingerprint density at radius 3 is 2.55 bits per heavy atom. The molecule has 1 aromatic rings. The zero-order valence-electron chi connectivity index (χ0n) is 14.7. The van der Waals surface area contributed by atoms with Crippen LogP contribution in [0.4, 0.5) is 5.69 Å². The van der Waals surface area contributed by atoms with Crippen molar-refractivity contribution in [2.24, 2.45) is 9.98 Å². The highest BCUT2D eigenvalue weighted by molar-refractivity contribution is 8.08. The molecule has 0 atom stereocenters. The van der Waals surface area contributed by atoms with E-state index in [0.29, 0.717) is 17.8 Å². The van der Waals surface area contributed by atoms with Crippen LogP contribution in [-0.4, -0.2) is 37.4 Å². The van der Waals surface area contributed by atoms with Crippen molar-refractivity contribution in [2.75, 3.05) is 0 Å². The van der Waals surface area contributed by atoms with Crippen molar-refractivity contribution in [1.82, 2.24) is 0 Å². The molecule has 29 heavy (non-hydrogen) atoms. The number of aliphatic imine (C=N–C) groups is 2. The van der Waals surface area contributed by atoms with E-state index in [2.05, 4.69) is 9.98 Å². The van der Waals surface area contributed by atoms with Crippen LogP contribution in [0.2, 0.25) is 0 Å². The summed E-state index contributed by atoms with van der Waals surface area (Å²) >= 11 is 1.45. The number of hydrogen-bond donors (Lipinski definition) is 2. The predicted octanol–water partition coefficient (Wildman–Crippen LogP) is 3.46. The van der Waals surface area contributed by atoms with Gasteiger partial charge in [-0.25, -0.2) is 4.99 Å². The molecule has 1 aliphatic heterocycles. The maximum Gasteiger partial charge on any atom is 0.298 e. The number of benzene rings is 1. The molecular weight excluding hydrogens is 436 g/mol. The second-order valence-electron chi connectivity index (χ2n) is 6.24. The highest BCUT2D eigenvalue weighted by Crippen LogP contribution is 2.41. The maximum absolute atomic E-state index is 11.9. The van der Waals surface area contributed by atoms with E-state index in [0.717, 1.165) is 28.0 Å². The van der Waals surface area contributed by atoms with Gasteiger partial charge in [-0.1, -0.05) is 36.1 Å². The summed E-state index contributed by atoms with van der Waals surface area (Å²) in [6, 6.07) is 3.39. The smallest absolute Gasteiger partial charge is 0.282 e. The minimum absolute atomic E-state index is 0.285. The number of thioether (sulfide) groups is 1. The van der Waals surface area contributed by atoms with Crippen molar-refractivity contribution >= 4 is 49.1 Å². The third-order valence-corrected chi connectivity index (χ3v) is 7.47. The Balaban J connectivity index is 1.90. The van der Waals surface area contributed by atoms with E-state index in [4.69, 9.17) is 0 Å². The van der Waals surface area contributed by atoms with E-state index in [1.165, 1.54) is 23.9 Å². The predicted molar refractivity (Wildman–Crippen MR) is 111 cm³/mol. The van der Waals surface area contributed by atoms with E-state index in [9.17, 15) is 25.9 Å². The molecule has 3 aliphatic rings. The Morgan fingerprint density at radius 1 is 1.03 bits per heavy atom. The van der Waals surface area contributed by atoms with Crippen LogP contribution in [0.1, 0.15) is 12.8 Å². The zero-order valence-corrected chi connectivity index (χ0v) is 17.1. The fourth-order valence-electron chi connectivity index (χ4n) is 3.06. The topological polar surface area (TPSA) is 133 Å². The van der Waals surface area contributed by atoms with Gasteiger partial charge in [-0.2, -0.15) is 16.8 Å². The quantitative estimate of drug-likeness (QED) is 0.674. The average Bonchev–Trinajstić information content (AvgIpc) is 2.65. The monoisotopic (exact) mass is 450 g/mol. The fourth-order valence-corrected chi connectivity index (χ4v) is 6.07. The molecule has 2 N–H and O–H groups in total. The summed E-state index contributed by atoms with van der Waals surface area (Å²) < 4.78 is 65.9. The Labute approximate surface area is 171 Å². The minimum Gasteiger partial charge on any atom is -0.282 e. The molecule has 0 spiro atoms. The van der Waals surface area contributed by atoms with Crippen molar-refractivity contribution in [1.29, 1.82) is 0 Å². The lowest BCUT2D eigenvalue weighted by Gasteiger charge is -2.23. The molecule has 8 nitrogen and oxygen atoms in total. The van der Waals surface area contributed by atoms with Gasteiger partial charge in [-0.05, 0) is 30.7 Å². The number of allylic oxidation sites excluding steroid dienone is 7. The van der Waals surface area contributed by atoms with Crippen LogP contribution in [0.15, 0.2) is 83.9 Å². The molecule has 1 heterocycles. The molecule has 0 radical (unpaired) electrons. The van der Waals surface area contributed by atoms with Crippen LogP contribution in [0, 0.1) is 0 Å². The molecule has 0 saturated carbocycles. The Hall–Kier alpha value is -2.31. The van der Waals surface area contributed by atoms with Gasteiger partial charge in [0, 0.05) is 11.3 Å². The van der Waals surface area contributed by atoms with Crippen LogP contribution in [-0.2, 0) is 20.2 Å². The normalized spacial score (nSPS) is 20.3. The molecule has 0 aromatic heterocycles. The van der Waals surface area contributed by atoms with Crippen molar-refractivity contribution in [3.05, 3.63) is 64.1 Å². The summed E-state index contributed by atoms with van der Waals surface area (Å²) in [6.07, 6.45) is 10.7. The molecule has 0 amide bonds. The van der Waals surface area contributed by atoms with Gasteiger partial charge < -0.3 is 0 Å². The third-order valence-electron chi connectivity index (χ3n) is 4.25. The zero-order chi connectivity index (χ0) is 20.8. The van der Waals surface area contributed by atoms with Gasteiger partial charge in [-0.3, -0.25) is 14.1 Å². The maximum atomic E-state index is 11.9. The highest BCUT2D eigenvalue weighted by atomic mass is 32.2. The van der Waals surface area contributed by atoms with E-state index in [-0.39, 0.29) is 5.69 Å². The SMILES string of the molecule is O=S(=O)(O)c1cccc(N=C2CC=CC3=C2SC2=CCC=CC2=N3)c1S(=O)(=O)O. The first-order valence-corrected chi connectivity index (χ1v) is 12.0. The van der Waals surface area contributed by atoms with E-state index in [1.54, 1.807) is 0 Å². The molecule has 0 unspecified atom stereocenters. The molecular formula is C18H14N2O6S3. The van der Waals surface area contributed by atoms with Gasteiger partial charge >= 0.3 is 0 Å². The Bertz CT molecular complexity index is 1310. The molecule has 0 saturated heterocycles. The van der Waals surface area contributed by atoms with E-state index in [1.807, 2.05) is 30.4 Å². The molecule has 1 aromatic carbocycles. The average molecular weight is 451 g/mol. The highest BCUT2D eigenvalue weighted by Gasteiger charge is 2.29. The largest absolute Gasteiger partial charge is 0.298 e. The van der Waals surface area contributed by atoms with Crippen molar-refractivity contribution < 1.29 is 25.9 Å². The van der Waals surface area contributed by atoms with Crippen molar-refractivity contribution in [3.8, 4) is 0 Å². The fraction of sp³-hybridized carbons (Fsp3) is 0.111. The lowest BCUT2D eigenvalue weighted by atomic mass is 10.1. The summed E-state index contributed by atoms with van der Waals surface area (Å²) in [5.41, 5.74) is 1.69. The lowest BCUT2D eigenvalue weighted by Crippen LogP contribution is -2.14. The van der Waals surface area contributed by atoms with Crippen LogP contribution in [0.3, 0.4) is 0 Å². The molecule has 0 fully saturated rings. The van der Waals surface area contributed by atoms with E-state index < -0.39 is 30.0 Å². The van der Waals surface area contributed by atoms with Crippen LogP contribution in [0.25, 0.3) is 0 Å². The molecule has 11 heteroatoms. The van der Waals surface area contributed by atoms with Gasteiger partial charge in [0.1, 0.15) is 9.79 Å².